The molecule has 1 N–H and O–H groups in total. The van der Waals surface area contributed by atoms with Crippen LogP contribution in [-0.2, 0) is 10.0 Å². The van der Waals surface area contributed by atoms with Gasteiger partial charge >= 0.3 is 0 Å². The number of nitrogens with zero attached hydrogens (tertiary/aromatic N) is 3. The molecule has 1 aliphatic heterocycles. The van der Waals surface area contributed by atoms with Gasteiger partial charge < -0.3 is 9.64 Å². The Bertz CT molecular complexity index is 837. The van der Waals surface area contributed by atoms with Gasteiger partial charge in [0.1, 0.15) is 16.5 Å². The van der Waals surface area contributed by atoms with Crippen molar-refractivity contribution >= 4 is 21.7 Å². The van der Waals surface area contributed by atoms with Crippen molar-refractivity contribution in [2.24, 2.45) is 0 Å². The standard InChI is InChI=1S/C16H19FN4O3S/c1-24-14-6-5-12(17)9-15(14)25(22,23)20-13-10-18-16(19-11-13)21-7-3-2-4-8-21/h5-6,9-11,20H,2-4,7-8H2,1H3. The molecular formula is C16H19FN4O3S. The van der Waals surface area contributed by atoms with Crippen LogP contribution in [0.3, 0.4) is 0 Å². The number of ether oxygens (including phenoxy) is 1. The quantitative estimate of drug-likeness (QED) is 0.875. The molecule has 25 heavy (non-hydrogen) atoms. The van der Waals surface area contributed by atoms with Gasteiger partial charge in [-0.3, -0.25) is 4.72 Å². The fourth-order valence-corrected chi connectivity index (χ4v) is 3.91. The van der Waals surface area contributed by atoms with Gasteiger partial charge in [-0.1, -0.05) is 0 Å². The van der Waals surface area contributed by atoms with E-state index < -0.39 is 15.8 Å². The van der Waals surface area contributed by atoms with E-state index in [0.717, 1.165) is 38.1 Å². The number of methoxy groups -OCH3 is 1. The Morgan fingerprint density at radius 1 is 1.16 bits per heavy atom. The molecule has 9 heteroatoms. The molecule has 1 aliphatic rings. The van der Waals surface area contributed by atoms with Crippen molar-refractivity contribution in [3.8, 4) is 5.75 Å². The van der Waals surface area contributed by atoms with E-state index in [9.17, 15) is 12.8 Å². The molecule has 134 valence electrons. The zero-order chi connectivity index (χ0) is 17.9. The maximum absolute atomic E-state index is 13.4. The van der Waals surface area contributed by atoms with Gasteiger partial charge in [-0.15, -0.1) is 0 Å². The third-order valence-electron chi connectivity index (χ3n) is 3.94. The molecule has 1 aromatic carbocycles. The third kappa shape index (κ3) is 3.98. The number of hydrogen-bond acceptors (Lipinski definition) is 6. The average molecular weight is 366 g/mol. The molecule has 0 atom stereocenters. The van der Waals surface area contributed by atoms with Gasteiger partial charge in [-0.2, -0.15) is 0 Å². The molecule has 3 rings (SSSR count). The first-order valence-corrected chi connectivity index (χ1v) is 9.41. The lowest BCUT2D eigenvalue weighted by molar-refractivity contribution is 0.401. The van der Waals surface area contributed by atoms with E-state index in [1.54, 1.807) is 0 Å². The van der Waals surface area contributed by atoms with Crippen molar-refractivity contribution in [2.75, 3.05) is 29.8 Å². The normalized spacial score (nSPS) is 15.0. The molecule has 0 amide bonds. The lowest BCUT2D eigenvalue weighted by Crippen LogP contribution is -2.30. The van der Waals surface area contributed by atoms with Crippen molar-refractivity contribution in [1.29, 1.82) is 0 Å². The van der Waals surface area contributed by atoms with Gasteiger partial charge in [0.2, 0.25) is 5.95 Å². The van der Waals surface area contributed by atoms with E-state index in [1.165, 1.54) is 32.0 Å². The summed E-state index contributed by atoms with van der Waals surface area (Å²) in [6.45, 7) is 1.79. The van der Waals surface area contributed by atoms with Crippen molar-refractivity contribution in [1.82, 2.24) is 9.97 Å². The van der Waals surface area contributed by atoms with Crippen molar-refractivity contribution in [3.05, 3.63) is 36.4 Å². The molecule has 0 radical (unpaired) electrons. The van der Waals surface area contributed by atoms with E-state index >= 15 is 0 Å². The summed E-state index contributed by atoms with van der Waals surface area (Å²) in [5, 5.41) is 0. The first kappa shape index (κ1) is 17.4. The monoisotopic (exact) mass is 366 g/mol. The van der Waals surface area contributed by atoms with Crippen LogP contribution in [0.4, 0.5) is 16.0 Å². The Balaban J connectivity index is 1.80. The molecule has 0 saturated carbocycles. The van der Waals surface area contributed by atoms with Crippen LogP contribution in [0.5, 0.6) is 5.75 Å². The zero-order valence-electron chi connectivity index (χ0n) is 13.8. The van der Waals surface area contributed by atoms with Crippen molar-refractivity contribution < 1.29 is 17.5 Å². The second-order valence-electron chi connectivity index (χ2n) is 5.72. The second kappa shape index (κ2) is 7.22. The molecule has 2 aromatic rings. The second-order valence-corrected chi connectivity index (χ2v) is 7.37. The Kier molecular flexibility index (Phi) is 5.03. The highest BCUT2D eigenvalue weighted by Gasteiger charge is 2.21. The van der Waals surface area contributed by atoms with E-state index in [-0.39, 0.29) is 16.3 Å². The molecular weight excluding hydrogens is 347 g/mol. The number of aromatic nitrogens is 2. The number of halogens is 1. The highest BCUT2D eigenvalue weighted by molar-refractivity contribution is 7.92. The topological polar surface area (TPSA) is 84.4 Å². The van der Waals surface area contributed by atoms with Crippen LogP contribution in [0.25, 0.3) is 0 Å². The largest absolute Gasteiger partial charge is 0.495 e. The number of benzene rings is 1. The summed E-state index contributed by atoms with van der Waals surface area (Å²) in [6.07, 6.45) is 6.19. The maximum Gasteiger partial charge on any atom is 0.265 e. The summed E-state index contributed by atoms with van der Waals surface area (Å²) in [6, 6.07) is 3.30. The van der Waals surface area contributed by atoms with E-state index in [4.69, 9.17) is 4.74 Å². The number of hydrogen-bond donors (Lipinski definition) is 1. The molecule has 0 bridgehead atoms. The molecule has 1 saturated heterocycles. The molecule has 0 spiro atoms. The number of rotatable bonds is 5. The number of piperidine rings is 1. The molecule has 7 nitrogen and oxygen atoms in total. The summed E-state index contributed by atoms with van der Waals surface area (Å²) >= 11 is 0. The fourth-order valence-electron chi connectivity index (χ4n) is 2.70. The Labute approximate surface area is 145 Å². The first-order chi connectivity index (χ1) is 12.0. The van der Waals surface area contributed by atoms with Gasteiger partial charge in [-0.25, -0.2) is 22.8 Å². The van der Waals surface area contributed by atoms with Crippen LogP contribution in [0.2, 0.25) is 0 Å². The van der Waals surface area contributed by atoms with E-state index in [1.807, 2.05) is 0 Å². The highest BCUT2D eigenvalue weighted by atomic mass is 32.2. The lowest BCUT2D eigenvalue weighted by atomic mass is 10.1. The van der Waals surface area contributed by atoms with Crippen molar-refractivity contribution in [3.63, 3.8) is 0 Å². The van der Waals surface area contributed by atoms with Crippen LogP contribution >= 0.6 is 0 Å². The number of nitrogens with one attached hydrogen (secondary N) is 1. The van der Waals surface area contributed by atoms with Crippen LogP contribution in [0, 0.1) is 5.82 Å². The minimum absolute atomic E-state index is 0.0553. The number of sulfonamides is 1. The third-order valence-corrected chi connectivity index (χ3v) is 5.35. The molecule has 1 aromatic heterocycles. The number of anilines is 2. The predicted molar refractivity (Wildman–Crippen MR) is 91.9 cm³/mol. The van der Waals surface area contributed by atoms with Crippen LogP contribution in [-0.4, -0.2) is 38.6 Å². The van der Waals surface area contributed by atoms with Gasteiger partial charge in [-0.05, 0) is 37.5 Å². The average Bonchev–Trinajstić information content (AvgIpc) is 2.63. The van der Waals surface area contributed by atoms with Gasteiger partial charge in [0.15, 0.2) is 0 Å². The summed E-state index contributed by atoms with van der Waals surface area (Å²) in [4.78, 5) is 10.2. The minimum atomic E-state index is -4.02. The first-order valence-electron chi connectivity index (χ1n) is 7.93. The summed E-state index contributed by atoms with van der Waals surface area (Å²) in [7, 11) is -2.70. The molecule has 0 unspecified atom stereocenters. The van der Waals surface area contributed by atoms with Crippen molar-refractivity contribution in [2.45, 2.75) is 24.2 Å². The van der Waals surface area contributed by atoms with Gasteiger partial charge in [0, 0.05) is 13.1 Å². The Morgan fingerprint density at radius 2 is 1.84 bits per heavy atom. The molecule has 2 heterocycles. The summed E-state index contributed by atoms with van der Waals surface area (Å²) in [5.41, 5.74) is 0.201. The van der Waals surface area contributed by atoms with E-state index in [2.05, 4.69) is 19.6 Å². The Hall–Kier alpha value is -2.42. The van der Waals surface area contributed by atoms with Crippen LogP contribution < -0.4 is 14.4 Å². The fraction of sp³-hybridized carbons (Fsp3) is 0.375. The van der Waals surface area contributed by atoms with Gasteiger partial charge in [0.25, 0.3) is 10.0 Å². The summed E-state index contributed by atoms with van der Waals surface area (Å²) in [5.74, 6) is -0.0383. The Morgan fingerprint density at radius 3 is 2.48 bits per heavy atom. The van der Waals surface area contributed by atoms with Crippen LogP contribution in [0.1, 0.15) is 19.3 Å². The molecule has 0 aliphatic carbocycles. The minimum Gasteiger partial charge on any atom is -0.495 e. The smallest absolute Gasteiger partial charge is 0.265 e. The van der Waals surface area contributed by atoms with Crippen LogP contribution in [0.15, 0.2) is 35.5 Å². The lowest BCUT2D eigenvalue weighted by Gasteiger charge is -2.26. The maximum atomic E-state index is 13.4. The summed E-state index contributed by atoms with van der Waals surface area (Å²) < 4.78 is 45.8. The van der Waals surface area contributed by atoms with E-state index in [0.29, 0.717) is 5.95 Å². The predicted octanol–water partition coefficient (Wildman–Crippen LogP) is 2.42. The van der Waals surface area contributed by atoms with Gasteiger partial charge in [0.05, 0.1) is 25.2 Å². The molecule has 1 fully saturated rings. The highest BCUT2D eigenvalue weighted by Crippen LogP contribution is 2.26. The SMILES string of the molecule is COc1ccc(F)cc1S(=O)(=O)Nc1cnc(N2CCCCC2)nc1. The zero-order valence-corrected chi connectivity index (χ0v) is 14.6.